The van der Waals surface area contributed by atoms with E-state index in [0.717, 1.165) is 12.0 Å². The van der Waals surface area contributed by atoms with E-state index in [1.807, 2.05) is 58.0 Å². The molecule has 0 heterocycles. The van der Waals surface area contributed by atoms with E-state index < -0.39 is 30.9 Å². The zero-order valence-electron chi connectivity index (χ0n) is 33.3. The van der Waals surface area contributed by atoms with Crippen LogP contribution in [0.4, 0.5) is 14.4 Å². The van der Waals surface area contributed by atoms with Crippen LogP contribution < -0.4 is 21.3 Å². The Kier molecular flexibility index (Phi) is 31.2. The average Bonchev–Trinajstić information content (AvgIpc) is 3.19. The van der Waals surface area contributed by atoms with Gasteiger partial charge < -0.3 is 49.7 Å². The minimum Gasteiger partial charge on any atom is -0.466 e. The Labute approximate surface area is 323 Å². The van der Waals surface area contributed by atoms with Crippen LogP contribution in [0.2, 0.25) is 0 Å². The Morgan fingerprint density at radius 2 is 1.00 bits per heavy atom. The van der Waals surface area contributed by atoms with Crippen molar-refractivity contribution in [1.29, 1.82) is 0 Å². The van der Waals surface area contributed by atoms with Crippen LogP contribution >= 0.6 is 0 Å². The second-order valence-corrected chi connectivity index (χ2v) is 11.8. The van der Waals surface area contributed by atoms with E-state index in [0.29, 0.717) is 25.9 Å². The first-order valence-corrected chi connectivity index (χ1v) is 18.0. The molecular formula is C37H60N4O14. The van der Waals surface area contributed by atoms with Crippen molar-refractivity contribution in [3.63, 3.8) is 0 Å². The van der Waals surface area contributed by atoms with Gasteiger partial charge in [0, 0.05) is 12.5 Å². The number of hydrogen-bond donors (Lipinski definition) is 4. The van der Waals surface area contributed by atoms with Gasteiger partial charge in [-0.2, -0.15) is 0 Å². The van der Waals surface area contributed by atoms with Gasteiger partial charge in [-0.1, -0.05) is 71.9 Å². The van der Waals surface area contributed by atoms with Crippen LogP contribution in [0.5, 0.6) is 0 Å². The lowest BCUT2D eigenvalue weighted by Gasteiger charge is -2.10. The van der Waals surface area contributed by atoms with E-state index in [1.165, 1.54) is 14.0 Å². The summed E-state index contributed by atoms with van der Waals surface area (Å²) in [6.07, 6.45) is 0.274. The third-order valence-corrected chi connectivity index (χ3v) is 7.19. The van der Waals surface area contributed by atoms with E-state index >= 15 is 0 Å². The zero-order chi connectivity index (χ0) is 42.0. The molecule has 1 aromatic rings. The monoisotopic (exact) mass is 784 g/mol. The second kappa shape index (κ2) is 33.2. The number of Topliss-reactive ketones (excluding diaryl/α,β-unsaturated/α-hetero) is 1. The summed E-state index contributed by atoms with van der Waals surface area (Å²) < 4.78 is 28.1. The molecule has 3 atom stereocenters. The molecule has 0 fully saturated rings. The lowest BCUT2D eigenvalue weighted by molar-refractivity contribution is -0.148. The highest BCUT2D eigenvalue weighted by atomic mass is 16.6. The maximum Gasteiger partial charge on any atom is 0.407 e. The van der Waals surface area contributed by atoms with Crippen LogP contribution in [0, 0.1) is 17.8 Å². The number of carbonyl (C=O) groups is 8. The van der Waals surface area contributed by atoms with Gasteiger partial charge in [-0.25, -0.2) is 19.2 Å². The van der Waals surface area contributed by atoms with Gasteiger partial charge in [-0.15, -0.1) is 0 Å². The number of hydrogen-bond acceptors (Lipinski definition) is 14. The summed E-state index contributed by atoms with van der Waals surface area (Å²) >= 11 is 0. The van der Waals surface area contributed by atoms with Gasteiger partial charge in [0.05, 0.1) is 38.6 Å². The molecule has 3 unspecified atom stereocenters. The van der Waals surface area contributed by atoms with Crippen LogP contribution in [0.1, 0.15) is 73.3 Å². The fourth-order valence-electron chi connectivity index (χ4n) is 3.18. The first-order chi connectivity index (χ1) is 26.1. The number of amides is 4. The van der Waals surface area contributed by atoms with Gasteiger partial charge in [0.25, 0.3) is 0 Å². The lowest BCUT2D eigenvalue weighted by atomic mass is 10.1. The number of benzene rings is 1. The summed E-state index contributed by atoms with van der Waals surface area (Å²) in [4.78, 5) is 88.5. The maximum atomic E-state index is 11.5. The van der Waals surface area contributed by atoms with Gasteiger partial charge in [0.15, 0.2) is 19.0 Å². The molecule has 18 nitrogen and oxygen atoms in total. The molecular weight excluding hydrogens is 724 g/mol. The van der Waals surface area contributed by atoms with Gasteiger partial charge in [-0.05, 0) is 31.7 Å². The topological polar surface area (TPSA) is 240 Å². The summed E-state index contributed by atoms with van der Waals surface area (Å²) in [5, 5.41) is 10.1. The number of ether oxygens (including phenoxy) is 6. The predicted octanol–water partition coefficient (Wildman–Crippen LogP) is 3.44. The molecule has 0 spiro atoms. The molecule has 1 rings (SSSR count). The Hall–Kier alpha value is -5.42. The summed E-state index contributed by atoms with van der Waals surface area (Å²) in [7, 11) is 1.19. The highest BCUT2D eigenvalue weighted by molar-refractivity contribution is 5.80. The van der Waals surface area contributed by atoms with Crippen molar-refractivity contribution >= 4 is 47.9 Å². The molecule has 4 N–H and O–H groups in total. The highest BCUT2D eigenvalue weighted by Gasteiger charge is 2.13. The molecule has 4 amide bonds. The molecule has 0 saturated carbocycles. The summed E-state index contributed by atoms with van der Waals surface area (Å²) in [5.74, 6) is -1.79. The molecule has 0 radical (unpaired) electrons. The molecule has 0 aliphatic carbocycles. The van der Waals surface area contributed by atoms with Gasteiger partial charge in [-0.3, -0.25) is 19.2 Å². The van der Waals surface area contributed by atoms with Crippen molar-refractivity contribution in [2.75, 3.05) is 59.8 Å². The molecule has 0 bridgehead atoms. The van der Waals surface area contributed by atoms with Crippen molar-refractivity contribution < 1.29 is 66.8 Å². The number of methoxy groups -OCH3 is 1. The number of esters is 3. The lowest BCUT2D eigenvalue weighted by Crippen LogP contribution is -2.33. The molecule has 18 heteroatoms. The molecule has 0 saturated heterocycles. The predicted molar refractivity (Wildman–Crippen MR) is 199 cm³/mol. The first-order valence-electron chi connectivity index (χ1n) is 18.0. The minimum atomic E-state index is -0.764. The Morgan fingerprint density at radius 1 is 0.564 bits per heavy atom. The van der Waals surface area contributed by atoms with Crippen LogP contribution in [-0.2, 0) is 58.9 Å². The standard InChI is InChI=1S/C15H22N2O3.C11H19NO6.C11H19NO5/c1-3-12(2)14(18)16-9-10-20-15(19)17-11-13-7-5-4-6-8-13;1-4-8(2)10(14)17-6-5-12-11(15)18-7-9(13)16-3;1-4-8(2)10(14)16-6-5-12-11(15)17-7-9(3)13/h4-8,12H,3,9-11H2,1-2H3,(H,16,18)(H,17,19);8H,4-7H2,1-3H3,(H,12,15);8H,4-7H2,1-3H3,(H,12,15). The Morgan fingerprint density at radius 3 is 1.45 bits per heavy atom. The van der Waals surface area contributed by atoms with E-state index in [-0.39, 0.29) is 80.9 Å². The van der Waals surface area contributed by atoms with Crippen LogP contribution in [-0.4, -0.2) is 108 Å². The van der Waals surface area contributed by atoms with Crippen molar-refractivity contribution in [1.82, 2.24) is 21.3 Å². The van der Waals surface area contributed by atoms with Crippen molar-refractivity contribution in [3.05, 3.63) is 35.9 Å². The number of alkyl carbamates (subject to hydrolysis) is 3. The third-order valence-electron chi connectivity index (χ3n) is 7.19. The van der Waals surface area contributed by atoms with E-state index in [9.17, 15) is 38.4 Å². The van der Waals surface area contributed by atoms with Gasteiger partial charge in [0.1, 0.15) is 19.8 Å². The fraction of sp³-hybridized carbons (Fsp3) is 0.622. The van der Waals surface area contributed by atoms with E-state index in [2.05, 4.69) is 35.5 Å². The largest absolute Gasteiger partial charge is 0.466 e. The molecule has 0 aliphatic heterocycles. The van der Waals surface area contributed by atoms with E-state index in [1.54, 1.807) is 13.8 Å². The second-order valence-electron chi connectivity index (χ2n) is 11.8. The zero-order valence-corrected chi connectivity index (χ0v) is 33.3. The molecule has 1 aromatic carbocycles. The molecule has 0 aromatic heterocycles. The highest BCUT2D eigenvalue weighted by Crippen LogP contribution is 2.03. The van der Waals surface area contributed by atoms with Crippen molar-refractivity contribution in [2.24, 2.45) is 17.8 Å². The number of nitrogens with one attached hydrogen (secondary N) is 4. The van der Waals surface area contributed by atoms with Crippen molar-refractivity contribution in [2.45, 2.75) is 74.3 Å². The average molecular weight is 785 g/mol. The number of ketones is 1. The van der Waals surface area contributed by atoms with Crippen LogP contribution in [0.15, 0.2) is 30.3 Å². The summed E-state index contributed by atoms with van der Waals surface area (Å²) in [5.41, 5.74) is 1.01. The molecule has 312 valence electrons. The maximum absolute atomic E-state index is 11.5. The summed E-state index contributed by atoms with van der Waals surface area (Å²) in [6.45, 7) is 13.1. The molecule has 0 aliphatic rings. The third kappa shape index (κ3) is 30.7. The quantitative estimate of drug-likeness (QED) is 0.0794. The number of rotatable bonds is 21. The van der Waals surface area contributed by atoms with Crippen LogP contribution in [0.3, 0.4) is 0 Å². The van der Waals surface area contributed by atoms with Gasteiger partial charge in [0.2, 0.25) is 5.91 Å². The summed E-state index contributed by atoms with van der Waals surface area (Å²) in [6, 6.07) is 9.58. The van der Waals surface area contributed by atoms with Crippen molar-refractivity contribution in [3.8, 4) is 0 Å². The van der Waals surface area contributed by atoms with Crippen LogP contribution in [0.25, 0.3) is 0 Å². The van der Waals surface area contributed by atoms with Gasteiger partial charge >= 0.3 is 36.2 Å². The smallest absolute Gasteiger partial charge is 0.407 e. The SMILES string of the molecule is CCC(C)C(=O)NCCOC(=O)NCc1ccccc1.CCC(C)C(=O)OCCNC(=O)OCC(=O)OC.CCC(C)C(=O)OCCNC(=O)OCC(C)=O. The Balaban J connectivity index is 0. The minimum absolute atomic E-state index is 0.0121. The fourth-order valence-corrected chi connectivity index (χ4v) is 3.18. The number of carbonyl (C=O) groups excluding carboxylic acids is 8. The first kappa shape index (κ1) is 51.7. The Bertz CT molecular complexity index is 1300. The molecule has 55 heavy (non-hydrogen) atoms. The van der Waals surface area contributed by atoms with E-state index in [4.69, 9.17) is 14.2 Å². The normalized spacial score (nSPS) is 11.4.